The van der Waals surface area contributed by atoms with E-state index in [1.165, 1.54) is 96.3 Å². The maximum absolute atomic E-state index is 12.8. The highest BCUT2D eigenvalue weighted by atomic mass is 16.6. The van der Waals surface area contributed by atoms with E-state index >= 15 is 0 Å². The minimum absolute atomic E-state index is 0.0914. The Bertz CT molecular complexity index is 1460. The number of hydrogen-bond acceptors (Lipinski definition) is 6. The Hall–Kier alpha value is -3.93. The molecule has 404 valence electrons. The van der Waals surface area contributed by atoms with Crippen molar-refractivity contribution < 1.29 is 28.6 Å². The van der Waals surface area contributed by atoms with Crippen LogP contribution in [-0.2, 0) is 28.6 Å². The first-order valence-corrected chi connectivity index (χ1v) is 29.4. The molecule has 1 unspecified atom stereocenters. The normalized spacial score (nSPS) is 12.9. The number of unbranched alkanes of at least 4 members (excludes halogenated alkanes) is 23. The van der Waals surface area contributed by atoms with Crippen LogP contribution in [0.15, 0.2) is 109 Å². The van der Waals surface area contributed by atoms with Crippen molar-refractivity contribution in [2.75, 3.05) is 13.2 Å². The van der Waals surface area contributed by atoms with E-state index in [0.717, 1.165) is 128 Å². The molecule has 71 heavy (non-hydrogen) atoms. The van der Waals surface area contributed by atoms with E-state index < -0.39 is 6.10 Å². The molecule has 0 aromatic heterocycles. The zero-order chi connectivity index (χ0) is 51.4. The smallest absolute Gasteiger partial charge is 0.306 e. The first-order chi connectivity index (χ1) is 35.0. The lowest BCUT2D eigenvalue weighted by molar-refractivity contribution is -0.167. The highest BCUT2D eigenvalue weighted by Crippen LogP contribution is 2.15. The van der Waals surface area contributed by atoms with Crippen LogP contribution in [0.5, 0.6) is 0 Å². The van der Waals surface area contributed by atoms with Gasteiger partial charge in [-0.15, -0.1) is 0 Å². The predicted molar refractivity (Wildman–Crippen MR) is 307 cm³/mol. The van der Waals surface area contributed by atoms with Crippen LogP contribution in [0.4, 0.5) is 0 Å². The van der Waals surface area contributed by atoms with Gasteiger partial charge >= 0.3 is 17.9 Å². The summed E-state index contributed by atoms with van der Waals surface area (Å²) in [6.07, 6.45) is 79.4. The van der Waals surface area contributed by atoms with Crippen molar-refractivity contribution in [3.8, 4) is 0 Å². The largest absolute Gasteiger partial charge is 0.462 e. The molecule has 1 atom stereocenters. The number of carbonyl (C=O) groups excluding carboxylic acids is 3. The van der Waals surface area contributed by atoms with Crippen LogP contribution >= 0.6 is 0 Å². The molecule has 0 aromatic carbocycles. The van der Waals surface area contributed by atoms with Gasteiger partial charge in [0.15, 0.2) is 6.10 Å². The van der Waals surface area contributed by atoms with E-state index in [1.807, 2.05) is 0 Å². The average Bonchev–Trinajstić information content (AvgIpc) is 3.37. The summed E-state index contributed by atoms with van der Waals surface area (Å²) in [7, 11) is 0. The van der Waals surface area contributed by atoms with Crippen molar-refractivity contribution in [2.24, 2.45) is 0 Å². The van der Waals surface area contributed by atoms with Gasteiger partial charge in [0.1, 0.15) is 13.2 Å². The van der Waals surface area contributed by atoms with Gasteiger partial charge in [0, 0.05) is 19.3 Å². The van der Waals surface area contributed by atoms with Gasteiger partial charge in [-0.1, -0.05) is 252 Å². The standard InChI is InChI=1S/C65H108O6/c1-4-7-10-13-16-19-22-25-26-27-28-29-30-31-32-33-34-35-36-37-38-41-43-46-49-52-55-58-64(67)70-61-62(71-65(68)59-56-53-50-47-44-40-24-21-18-15-12-9-6-3)60-69-63(66)57-54-51-48-45-42-39-23-20-17-14-11-8-5-2/h7,9-10,12,16,18-19,21,25-26,28-29,31-32,34-35,40,44,62H,4-6,8,11,13-15,17,20,22-24,27,30,33,36-39,41-43,45-61H2,1-3H3/b10-7-,12-9-,19-16-,21-18-,26-25-,29-28-,32-31-,35-34-,44-40-. The van der Waals surface area contributed by atoms with Crippen LogP contribution in [0.25, 0.3) is 0 Å². The summed E-state index contributed by atoms with van der Waals surface area (Å²) in [5.41, 5.74) is 0. The number of esters is 3. The van der Waals surface area contributed by atoms with Crippen LogP contribution < -0.4 is 0 Å². The third-order valence-corrected chi connectivity index (χ3v) is 12.3. The maximum Gasteiger partial charge on any atom is 0.306 e. The molecule has 0 heterocycles. The van der Waals surface area contributed by atoms with Crippen LogP contribution in [-0.4, -0.2) is 37.2 Å². The lowest BCUT2D eigenvalue weighted by Crippen LogP contribution is -2.30. The van der Waals surface area contributed by atoms with Gasteiger partial charge in [0.05, 0.1) is 0 Å². The number of ether oxygens (including phenoxy) is 3. The summed E-state index contributed by atoms with van der Waals surface area (Å²) < 4.78 is 16.8. The second kappa shape index (κ2) is 58.6. The van der Waals surface area contributed by atoms with E-state index in [1.54, 1.807) is 0 Å². The second-order valence-electron chi connectivity index (χ2n) is 19.1. The summed E-state index contributed by atoms with van der Waals surface area (Å²) in [6.45, 7) is 6.38. The van der Waals surface area contributed by atoms with Gasteiger partial charge in [-0.3, -0.25) is 14.4 Å². The zero-order valence-electron chi connectivity index (χ0n) is 46.2. The van der Waals surface area contributed by atoms with E-state index in [-0.39, 0.29) is 31.1 Å². The van der Waals surface area contributed by atoms with Crippen LogP contribution in [0, 0.1) is 0 Å². The third-order valence-electron chi connectivity index (χ3n) is 12.3. The Morgan fingerprint density at radius 1 is 0.296 bits per heavy atom. The number of rotatable bonds is 52. The van der Waals surface area contributed by atoms with E-state index in [4.69, 9.17) is 14.2 Å². The molecular formula is C65H108O6. The molecule has 0 spiro atoms. The Balaban J connectivity index is 4.32. The van der Waals surface area contributed by atoms with Crippen molar-refractivity contribution in [3.05, 3.63) is 109 Å². The van der Waals surface area contributed by atoms with Gasteiger partial charge in [0.2, 0.25) is 0 Å². The topological polar surface area (TPSA) is 78.9 Å². The van der Waals surface area contributed by atoms with Gasteiger partial charge in [-0.2, -0.15) is 0 Å². The Morgan fingerprint density at radius 2 is 0.549 bits per heavy atom. The third kappa shape index (κ3) is 56.9. The molecule has 0 fully saturated rings. The molecular weight excluding hydrogens is 877 g/mol. The van der Waals surface area contributed by atoms with Crippen molar-refractivity contribution >= 4 is 17.9 Å². The second-order valence-corrected chi connectivity index (χ2v) is 19.1. The minimum Gasteiger partial charge on any atom is -0.462 e. The molecule has 0 rings (SSSR count). The number of carbonyl (C=O) groups is 3. The molecule has 0 aliphatic rings. The molecule has 0 saturated heterocycles. The maximum atomic E-state index is 12.8. The van der Waals surface area contributed by atoms with Gasteiger partial charge in [0.25, 0.3) is 0 Å². The summed E-state index contributed by atoms with van der Waals surface area (Å²) >= 11 is 0. The molecule has 0 aromatic rings. The molecule has 0 aliphatic heterocycles. The molecule has 0 saturated carbocycles. The van der Waals surface area contributed by atoms with Crippen LogP contribution in [0.1, 0.15) is 265 Å². The van der Waals surface area contributed by atoms with E-state index in [9.17, 15) is 14.4 Å². The number of hydrogen-bond donors (Lipinski definition) is 0. The molecule has 0 amide bonds. The summed E-state index contributed by atoms with van der Waals surface area (Å²) in [6, 6.07) is 0. The Labute approximate surface area is 438 Å². The highest BCUT2D eigenvalue weighted by molar-refractivity contribution is 5.71. The Morgan fingerprint density at radius 3 is 0.873 bits per heavy atom. The van der Waals surface area contributed by atoms with Crippen molar-refractivity contribution in [2.45, 2.75) is 271 Å². The molecule has 0 bridgehead atoms. The Kier molecular flexibility index (Phi) is 55.4. The predicted octanol–water partition coefficient (Wildman–Crippen LogP) is 19.9. The SMILES string of the molecule is CC/C=C\C/C=C\C/C=C\C/C=C\C/C=C\C/C=C\CCCCCCCCCCC(=O)OCC(COC(=O)CCCCCCCCCCCCCCC)OC(=O)CCCCC/C=C\C/C=C\C/C=C\CC. The first-order valence-electron chi connectivity index (χ1n) is 29.4. The number of allylic oxidation sites excluding steroid dienone is 18. The fourth-order valence-corrected chi connectivity index (χ4v) is 7.93. The van der Waals surface area contributed by atoms with Gasteiger partial charge in [-0.05, 0) is 103 Å². The molecule has 0 N–H and O–H groups in total. The van der Waals surface area contributed by atoms with Crippen molar-refractivity contribution in [3.63, 3.8) is 0 Å². The lowest BCUT2D eigenvalue weighted by Gasteiger charge is -2.18. The summed E-state index contributed by atoms with van der Waals surface area (Å²) in [4.78, 5) is 38.1. The fraction of sp³-hybridized carbons (Fsp3) is 0.677. The monoisotopic (exact) mass is 985 g/mol. The minimum atomic E-state index is -0.796. The zero-order valence-corrected chi connectivity index (χ0v) is 46.2. The molecule has 6 nitrogen and oxygen atoms in total. The molecule has 6 heteroatoms. The van der Waals surface area contributed by atoms with E-state index in [0.29, 0.717) is 19.3 Å². The van der Waals surface area contributed by atoms with Crippen molar-refractivity contribution in [1.82, 2.24) is 0 Å². The van der Waals surface area contributed by atoms with Gasteiger partial charge in [-0.25, -0.2) is 0 Å². The fourth-order valence-electron chi connectivity index (χ4n) is 7.93. The summed E-state index contributed by atoms with van der Waals surface area (Å²) in [5.74, 6) is -0.928. The van der Waals surface area contributed by atoms with Crippen molar-refractivity contribution in [1.29, 1.82) is 0 Å². The average molecular weight is 986 g/mol. The highest BCUT2D eigenvalue weighted by Gasteiger charge is 2.19. The van der Waals surface area contributed by atoms with E-state index in [2.05, 4.69) is 130 Å². The van der Waals surface area contributed by atoms with Crippen LogP contribution in [0.3, 0.4) is 0 Å². The summed E-state index contributed by atoms with van der Waals surface area (Å²) in [5, 5.41) is 0. The van der Waals surface area contributed by atoms with Crippen LogP contribution in [0.2, 0.25) is 0 Å². The lowest BCUT2D eigenvalue weighted by atomic mass is 10.0. The van der Waals surface area contributed by atoms with Gasteiger partial charge < -0.3 is 14.2 Å². The first kappa shape index (κ1) is 67.1. The quantitative estimate of drug-likeness (QED) is 0.0261. The molecule has 0 radical (unpaired) electrons. The molecule has 0 aliphatic carbocycles.